The van der Waals surface area contributed by atoms with E-state index in [2.05, 4.69) is 36.0 Å². The Labute approximate surface area is 121 Å². The second-order valence-electron chi connectivity index (χ2n) is 7.05. The van der Waals surface area contributed by atoms with E-state index in [1.165, 1.54) is 43.4 Å². The number of benzene rings is 1. The minimum absolute atomic E-state index is 0.274. The summed E-state index contributed by atoms with van der Waals surface area (Å²) < 4.78 is 0. The number of fused-ring (bicyclic) bond motifs is 1. The molecule has 1 saturated heterocycles. The summed E-state index contributed by atoms with van der Waals surface area (Å²) >= 11 is 0. The Hall–Kier alpha value is -1.06. The SMILES string of the molecule is CN1CCC23CCCC1C2N(C)Cc1ccc(O)cc13. The molecule has 2 aliphatic heterocycles. The van der Waals surface area contributed by atoms with E-state index in [-0.39, 0.29) is 5.41 Å². The van der Waals surface area contributed by atoms with Gasteiger partial charge in [-0.3, -0.25) is 4.90 Å². The second-order valence-corrected chi connectivity index (χ2v) is 7.05. The number of hydrogen-bond acceptors (Lipinski definition) is 3. The summed E-state index contributed by atoms with van der Waals surface area (Å²) in [5.41, 5.74) is 3.14. The van der Waals surface area contributed by atoms with E-state index in [0.29, 0.717) is 17.8 Å². The molecule has 3 aliphatic rings. The highest BCUT2D eigenvalue weighted by molar-refractivity contribution is 5.45. The molecule has 2 bridgehead atoms. The fourth-order valence-corrected chi connectivity index (χ4v) is 5.25. The Kier molecular flexibility index (Phi) is 2.67. The average molecular weight is 272 g/mol. The van der Waals surface area contributed by atoms with Crippen molar-refractivity contribution in [3.05, 3.63) is 29.3 Å². The van der Waals surface area contributed by atoms with Crippen LogP contribution in [0.2, 0.25) is 0 Å². The summed E-state index contributed by atoms with van der Waals surface area (Å²) in [5.74, 6) is 0.433. The smallest absolute Gasteiger partial charge is 0.115 e. The third kappa shape index (κ3) is 1.54. The van der Waals surface area contributed by atoms with Crippen molar-refractivity contribution in [2.45, 2.75) is 49.7 Å². The standard InChI is InChI=1S/C17H24N2O/c1-18-9-8-17-7-3-4-15(18)16(17)19(2)11-12-5-6-13(20)10-14(12)17/h5-6,10,15-16,20H,3-4,7-9,11H2,1-2H3. The maximum atomic E-state index is 9.97. The molecule has 20 heavy (non-hydrogen) atoms. The van der Waals surface area contributed by atoms with Crippen LogP contribution in [0, 0.1) is 0 Å². The van der Waals surface area contributed by atoms with Crippen LogP contribution in [0.25, 0.3) is 0 Å². The second kappa shape index (κ2) is 4.22. The zero-order chi connectivity index (χ0) is 13.9. The summed E-state index contributed by atoms with van der Waals surface area (Å²) in [5, 5.41) is 9.97. The van der Waals surface area contributed by atoms with Crippen LogP contribution in [0.15, 0.2) is 18.2 Å². The number of likely N-dealkylation sites (N-methyl/N-ethyl adjacent to an activating group) is 2. The molecule has 1 aromatic rings. The van der Waals surface area contributed by atoms with Crippen LogP contribution < -0.4 is 0 Å². The maximum absolute atomic E-state index is 9.97. The summed E-state index contributed by atoms with van der Waals surface area (Å²) in [7, 11) is 4.57. The van der Waals surface area contributed by atoms with Gasteiger partial charge in [-0.15, -0.1) is 0 Å². The number of hydrogen-bond donors (Lipinski definition) is 1. The van der Waals surface area contributed by atoms with Gasteiger partial charge in [0.15, 0.2) is 0 Å². The van der Waals surface area contributed by atoms with Gasteiger partial charge in [-0.25, -0.2) is 0 Å². The molecular formula is C17H24N2O. The first kappa shape index (κ1) is 12.7. The van der Waals surface area contributed by atoms with E-state index in [0.717, 1.165) is 6.54 Å². The molecule has 1 aromatic carbocycles. The van der Waals surface area contributed by atoms with Gasteiger partial charge < -0.3 is 10.0 Å². The Morgan fingerprint density at radius 3 is 2.90 bits per heavy atom. The Balaban J connectivity index is 1.90. The molecule has 0 spiro atoms. The summed E-state index contributed by atoms with van der Waals surface area (Å²) in [6.07, 6.45) is 5.14. The fourth-order valence-electron chi connectivity index (χ4n) is 5.25. The molecule has 3 unspecified atom stereocenters. The molecule has 0 radical (unpaired) electrons. The van der Waals surface area contributed by atoms with Crippen molar-refractivity contribution in [2.75, 3.05) is 20.6 Å². The maximum Gasteiger partial charge on any atom is 0.115 e. The fraction of sp³-hybridized carbons (Fsp3) is 0.647. The van der Waals surface area contributed by atoms with Crippen molar-refractivity contribution >= 4 is 0 Å². The topological polar surface area (TPSA) is 26.7 Å². The van der Waals surface area contributed by atoms with E-state index in [1.807, 2.05) is 6.07 Å². The number of rotatable bonds is 0. The van der Waals surface area contributed by atoms with Crippen molar-refractivity contribution in [2.24, 2.45) is 0 Å². The third-order valence-electron chi connectivity index (χ3n) is 6.05. The Morgan fingerprint density at radius 2 is 2.05 bits per heavy atom. The van der Waals surface area contributed by atoms with Gasteiger partial charge in [0.05, 0.1) is 0 Å². The first-order valence-corrected chi connectivity index (χ1v) is 7.85. The first-order chi connectivity index (χ1) is 9.62. The molecule has 1 saturated carbocycles. The van der Waals surface area contributed by atoms with Gasteiger partial charge in [0.1, 0.15) is 5.75 Å². The third-order valence-corrected chi connectivity index (χ3v) is 6.05. The number of phenols is 1. The van der Waals surface area contributed by atoms with Crippen LogP contribution in [-0.2, 0) is 12.0 Å². The molecule has 0 amide bonds. The van der Waals surface area contributed by atoms with E-state index in [4.69, 9.17) is 0 Å². The number of piperidine rings is 1. The average Bonchev–Trinajstić information content (AvgIpc) is 2.44. The Morgan fingerprint density at radius 1 is 1.20 bits per heavy atom. The molecule has 3 nitrogen and oxygen atoms in total. The highest BCUT2D eigenvalue weighted by Gasteiger charge is 2.54. The highest BCUT2D eigenvalue weighted by atomic mass is 16.3. The molecule has 108 valence electrons. The predicted molar refractivity (Wildman–Crippen MR) is 79.9 cm³/mol. The quantitative estimate of drug-likeness (QED) is 0.785. The Bertz CT molecular complexity index is 544. The lowest BCUT2D eigenvalue weighted by Crippen LogP contribution is -2.68. The van der Waals surface area contributed by atoms with Gasteiger partial charge in [0.2, 0.25) is 0 Å². The number of likely N-dealkylation sites (tertiary alicyclic amines) is 1. The first-order valence-electron chi connectivity index (χ1n) is 7.85. The largest absolute Gasteiger partial charge is 0.508 e. The predicted octanol–water partition coefficient (Wildman–Crippen LogP) is 2.33. The molecule has 3 heteroatoms. The number of phenolic OH excluding ortho intramolecular Hbond substituents is 1. The van der Waals surface area contributed by atoms with Gasteiger partial charge in [-0.1, -0.05) is 12.5 Å². The van der Waals surface area contributed by atoms with Crippen LogP contribution in [-0.4, -0.2) is 47.6 Å². The minimum atomic E-state index is 0.274. The van der Waals surface area contributed by atoms with Gasteiger partial charge in [0.25, 0.3) is 0 Å². The van der Waals surface area contributed by atoms with Gasteiger partial charge in [-0.05, 0) is 63.2 Å². The van der Waals surface area contributed by atoms with Crippen molar-refractivity contribution in [1.29, 1.82) is 0 Å². The summed E-state index contributed by atoms with van der Waals surface area (Å²) in [6.45, 7) is 2.20. The lowest BCUT2D eigenvalue weighted by molar-refractivity contribution is -0.0404. The van der Waals surface area contributed by atoms with Crippen LogP contribution in [0.4, 0.5) is 0 Å². The van der Waals surface area contributed by atoms with Gasteiger partial charge >= 0.3 is 0 Å². The lowest BCUT2D eigenvalue weighted by Gasteiger charge is -2.61. The normalized spacial score (nSPS) is 37.3. The molecule has 3 atom stereocenters. The van der Waals surface area contributed by atoms with E-state index >= 15 is 0 Å². The molecule has 1 N–H and O–H groups in total. The zero-order valence-corrected chi connectivity index (χ0v) is 12.5. The van der Waals surface area contributed by atoms with Crippen LogP contribution in [0.1, 0.15) is 36.8 Å². The number of aromatic hydroxyl groups is 1. The zero-order valence-electron chi connectivity index (χ0n) is 12.5. The van der Waals surface area contributed by atoms with Crippen molar-refractivity contribution in [3.8, 4) is 5.75 Å². The molecule has 0 aromatic heterocycles. The van der Waals surface area contributed by atoms with E-state index in [1.54, 1.807) is 0 Å². The van der Waals surface area contributed by atoms with Crippen LogP contribution >= 0.6 is 0 Å². The molecular weight excluding hydrogens is 248 g/mol. The monoisotopic (exact) mass is 272 g/mol. The summed E-state index contributed by atoms with van der Waals surface area (Å²) in [6, 6.07) is 7.33. The van der Waals surface area contributed by atoms with Gasteiger partial charge in [0, 0.05) is 24.0 Å². The van der Waals surface area contributed by atoms with Crippen molar-refractivity contribution in [3.63, 3.8) is 0 Å². The lowest BCUT2D eigenvalue weighted by atomic mass is 9.57. The van der Waals surface area contributed by atoms with Gasteiger partial charge in [-0.2, -0.15) is 0 Å². The number of nitrogens with zero attached hydrogens (tertiary/aromatic N) is 2. The molecule has 2 fully saturated rings. The van der Waals surface area contributed by atoms with E-state index < -0.39 is 0 Å². The molecule has 1 aliphatic carbocycles. The van der Waals surface area contributed by atoms with E-state index in [9.17, 15) is 5.11 Å². The minimum Gasteiger partial charge on any atom is -0.508 e. The van der Waals surface area contributed by atoms with Crippen LogP contribution in [0.5, 0.6) is 5.75 Å². The van der Waals surface area contributed by atoms with Crippen molar-refractivity contribution in [1.82, 2.24) is 9.80 Å². The summed E-state index contributed by atoms with van der Waals surface area (Å²) in [4.78, 5) is 5.13. The molecule has 2 heterocycles. The molecule has 4 rings (SSSR count). The highest BCUT2D eigenvalue weighted by Crippen LogP contribution is 2.52. The van der Waals surface area contributed by atoms with Crippen LogP contribution in [0.3, 0.4) is 0 Å². The van der Waals surface area contributed by atoms with Crippen molar-refractivity contribution < 1.29 is 5.11 Å².